The van der Waals surface area contributed by atoms with Crippen molar-refractivity contribution >= 4 is 11.7 Å². The molecule has 20 heavy (non-hydrogen) atoms. The van der Waals surface area contributed by atoms with E-state index in [1.54, 1.807) is 12.1 Å². The highest BCUT2D eigenvalue weighted by molar-refractivity contribution is 5.90. The Bertz CT molecular complexity index is 624. The third-order valence-electron chi connectivity index (χ3n) is 3.62. The zero-order valence-corrected chi connectivity index (χ0v) is 11.0. The molecule has 1 aliphatic carbocycles. The van der Waals surface area contributed by atoms with Gasteiger partial charge in [0.05, 0.1) is 0 Å². The number of aryl methyl sites for hydroxylation is 1. The quantitative estimate of drug-likeness (QED) is 0.885. The maximum absolute atomic E-state index is 10.9. The lowest BCUT2D eigenvalue weighted by molar-refractivity contribution is 0.0994. The molecule has 102 valence electrons. The number of amides is 1. The summed E-state index contributed by atoms with van der Waals surface area (Å²) in [6.07, 6.45) is 3.12. The van der Waals surface area contributed by atoms with Gasteiger partial charge < -0.3 is 11.1 Å². The summed E-state index contributed by atoms with van der Waals surface area (Å²) in [6.45, 7) is 0. The highest BCUT2D eigenvalue weighted by atomic mass is 16.1. The largest absolute Gasteiger partial charge is 0.366 e. The maximum atomic E-state index is 10.9. The van der Waals surface area contributed by atoms with Crippen LogP contribution in [0.3, 0.4) is 0 Å². The molecule has 0 fully saturated rings. The molecule has 0 radical (unpaired) electrons. The summed E-state index contributed by atoms with van der Waals surface area (Å²) in [6, 6.07) is 12.2. The van der Waals surface area contributed by atoms with E-state index in [2.05, 4.69) is 39.8 Å². The van der Waals surface area contributed by atoms with E-state index in [0.717, 1.165) is 19.3 Å². The molecule has 1 heterocycles. The first-order chi connectivity index (χ1) is 9.72. The number of carbonyl (C=O) groups is 1. The Labute approximate surface area is 117 Å². The van der Waals surface area contributed by atoms with E-state index in [4.69, 9.17) is 5.73 Å². The topological polar surface area (TPSA) is 80.9 Å². The van der Waals surface area contributed by atoms with Crippen molar-refractivity contribution in [1.82, 2.24) is 10.2 Å². The van der Waals surface area contributed by atoms with Crippen LogP contribution in [0.15, 0.2) is 36.4 Å². The molecule has 1 aromatic carbocycles. The lowest BCUT2D eigenvalue weighted by atomic mass is 9.88. The van der Waals surface area contributed by atoms with Crippen molar-refractivity contribution in [2.75, 3.05) is 5.32 Å². The standard InChI is InChI=1S/C15H16N4O/c16-15(20)13-7-8-14(19-18-13)17-12-6-5-10-3-1-2-4-11(10)9-12/h1-4,7-8,12H,5-6,9H2,(H2,16,20)(H,17,19). The number of nitrogens with zero attached hydrogens (tertiary/aromatic N) is 2. The Balaban J connectivity index is 1.69. The second-order valence-corrected chi connectivity index (χ2v) is 5.02. The lowest BCUT2D eigenvalue weighted by Crippen LogP contribution is -2.28. The first-order valence-electron chi connectivity index (χ1n) is 6.69. The second kappa shape index (κ2) is 5.28. The van der Waals surface area contributed by atoms with Crippen LogP contribution in [-0.2, 0) is 12.8 Å². The number of benzene rings is 1. The number of fused-ring (bicyclic) bond motifs is 1. The van der Waals surface area contributed by atoms with E-state index in [1.165, 1.54) is 11.1 Å². The number of nitrogens with two attached hydrogens (primary N) is 1. The second-order valence-electron chi connectivity index (χ2n) is 5.02. The molecular weight excluding hydrogens is 252 g/mol. The monoisotopic (exact) mass is 268 g/mol. The summed E-state index contributed by atoms with van der Waals surface area (Å²) >= 11 is 0. The predicted octanol–water partition coefficient (Wildman–Crippen LogP) is 1.54. The smallest absolute Gasteiger partial charge is 0.269 e. The molecule has 0 aliphatic heterocycles. The number of primary amides is 1. The van der Waals surface area contributed by atoms with E-state index in [-0.39, 0.29) is 5.69 Å². The van der Waals surface area contributed by atoms with Gasteiger partial charge in [-0.1, -0.05) is 24.3 Å². The van der Waals surface area contributed by atoms with Gasteiger partial charge in [-0.2, -0.15) is 0 Å². The first-order valence-corrected chi connectivity index (χ1v) is 6.69. The summed E-state index contributed by atoms with van der Waals surface area (Å²) in [4.78, 5) is 10.9. The maximum Gasteiger partial charge on any atom is 0.269 e. The van der Waals surface area contributed by atoms with Gasteiger partial charge in [0.1, 0.15) is 5.82 Å². The number of hydrogen-bond donors (Lipinski definition) is 2. The molecule has 1 unspecified atom stereocenters. The average Bonchev–Trinajstić information content (AvgIpc) is 2.48. The van der Waals surface area contributed by atoms with E-state index in [9.17, 15) is 4.79 Å². The summed E-state index contributed by atoms with van der Waals surface area (Å²) in [5.74, 6) is 0.120. The van der Waals surface area contributed by atoms with E-state index in [1.807, 2.05) is 0 Å². The van der Waals surface area contributed by atoms with Crippen molar-refractivity contribution < 1.29 is 4.79 Å². The van der Waals surface area contributed by atoms with Crippen LogP contribution >= 0.6 is 0 Å². The van der Waals surface area contributed by atoms with Gasteiger partial charge in [-0.25, -0.2) is 0 Å². The molecular formula is C15H16N4O. The lowest BCUT2D eigenvalue weighted by Gasteiger charge is -2.25. The summed E-state index contributed by atoms with van der Waals surface area (Å²) in [7, 11) is 0. The molecule has 5 nitrogen and oxygen atoms in total. The molecule has 0 bridgehead atoms. The van der Waals surface area contributed by atoms with Gasteiger partial charge in [0.25, 0.3) is 5.91 Å². The van der Waals surface area contributed by atoms with E-state index in [0.29, 0.717) is 11.9 Å². The Hall–Kier alpha value is -2.43. The van der Waals surface area contributed by atoms with Crippen LogP contribution in [-0.4, -0.2) is 22.1 Å². The molecule has 5 heteroatoms. The van der Waals surface area contributed by atoms with Crippen LogP contribution in [0.1, 0.15) is 28.0 Å². The van der Waals surface area contributed by atoms with E-state index >= 15 is 0 Å². The van der Waals surface area contributed by atoms with Crippen LogP contribution in [0.2, 0.25) is 0 Å². The van der Waals surface area contributed by atoms with Gasteiger partial charge in [-0.15, -0.1) is 10.2 Å². The average molecular weight is 268 g/mol. The van der Waals surface area contributed by atoms with Crippen molar-refractivity contribution in [3.8, 4) is 0 Å². The molecule has 0 spiro atoms. The van der Waals surface area contributed by atoms with Gasteiger partial charge >= 0.3 is 0 Å². The number of hydrogen-bond acceptors (Lipinski definition) is 4. The fraction of sp³-hybridized carbons (Fsp3) is 0.267. The highest BCUT2D eigenvalue weighted by Gasteiger charge is 2.18. The molecule has 3 rings (SSSR count). The third kappa shape index (κ3) is 2.61. The Morgan fingerprint density at radius 3 is 2.65 bits per heavy atom. The Kier molecular flexibility index (Phi) is 3.33. The molecule has 1 aliphatic rings. The first kappa shape index (κ1) is 12.6. The third-order valence-corrected chi connectivity index (χ3v) is 3.62. The number of aromatic nitrogens is 2. The number of nitrogens with one attached hydrogen (secondary N) is 1. The highest BCUT2D eigenvalue weighted by Crippen LogP contribution is 2.22. The van der Waals surface area contributed by atoms with Crippen molar-refractivity contribution in [3.63, 3.8) is 0 Å². The van der Waals surface area contributed by atoms with Gasteiger partial charge in [0, 0.05) is 6.04 Å². The fourth-order valence-corrected chi connectivity index (χ4v) is 2.57. The summed E-state index contributed by atoms with van der Waals surface area (Å²) in [5.41, 5.74) is 8.14. The van der Waals surface area contributed by atoms with Crippen molar-refractivity contribution in [1.29, 1.82) is 0 Å². The zero-order valence-electron chi connectivity index (χ0n) is 11.0. The summed E-state index contributed by atoms with van der Waals surface area (Å²) < 4.78 is 0. The molecule has 0 saturated heterocycles. The van der Waals surface area contributed by atoms with Crippen LogP contribution in [0, 0.1) is 0 Å². The number of carbonyl (C=O) groups excluding carboxylic acids is 1. The minimum atomic E-state index is -0.560. The van der Waals surface area contributed by atoms with E-state index < -0.39 is 5.91 Å². The zero-order chi connectivity index (χ0) is 13.9. The van der Waals surface area contributed by atoms with Crippen LogP contribution in [0.25, 0.3) is 0 Å². The predicted molar refractivity (Wildman–Crippen MR) is 76.4 cm³/mol. The Morgan fingerprint density at radius 2 is 1.95 bits per heavy atom. The van der Waals surface area contributed by atoms with Gasteiger partial charge in [0.2, 0.25) is 0 Å². The van der Waals surface area contributed by atoms with Crippen LogP contribution < -0.4 is 11.1 Å². The molecule has 0 saturated carbocycles. The molecule has 1 amide bonds. The van der Waals surface area contributed by atoms with Crippen molar-refractivity contribution in [2.45, 2.75) is 25.3 Å². The molecule has 1 atom stereocenters. The Morgan fingerprint density at radius 1 is 1.15 bits per heavy atom. The SMILES string of the molecule is NC(=O)c1ccc(NC2CCc3ccccc3C2)nn1. The van der Waals surface area contributed by atoms with Crippen molar-refractivity contribution in [3.05, 3.63) is 53.2 Å². The normalized spacial score (nSPS) is 17.3. The minimum absolute atomic E-state index is 0.185. The fourth-order valence-electron chi connectivity index (χ4n) is 2.57. The van der Waals surface area contributed by atoms with Crippen molar-refractivity contribution in [2.24, 2.45) is 5.73 Å². The molecule has 1 aromatic heterocycles. The van der Waals surface area contributed by atoms with Gasteiger partial charge in [-0.3, -0.25) is 4.79 Å². The van der Waals surface area contributed by atoms with Gasteiger partial charge in [0.15, 0.2) is 5.69 Å². The molecule has 3 N–H and O–H groups in total. The van der Waals surface area contributed by atoms with Crippen LogP contribution in [0.5, 0.6) is 0 Å². The minimum Gasteiger partial charge on any atom is -0.366 e. The van der Waals surface area contributed by atoms with Crippen LogP contribution in [0.4, 0.5) is 5.82 Å². The van der Waals surface area contributed by atoms with Gasteiger partial charge in [-0.05, 0) is 42.5 Å². The molecule has 2 aromatic rings. The number of anilines is 1. The summed E-state index contributed by atoms with van der Waals surface area (Å²) in [5, 5.41) is 11.2. The number of rotatable bonds is 3.